The first-order chi connectivity index (χ1) is 12.9. The molecule has 140 valence electrons. The van der Waals surface area contributed by atoms with E-state index in [1.165, 1.54) is 11.8 Å². The van der Waals surface area contributed by atoms with E-state index >= 15 is 0 Å². The van der Waals surface area contributed by atoms with Crippen molar-refractivity contribution in [2.24, 2.45) is 0 Å². The summed E-state index contributed by atoms with van der Waals surface area (Å²) in [5.41, 5.74) is 1.26. The summed E-state index contributed by atoms with van der Waals surface area (Å²) in [5, 5.41) is 7.96. The van der Waals surface area contributed by atoms with Crippen LogP contribution in [0.25, 0.3) is 0 Å². The molecule has 0 bridgehead atoms. The summed E-state index contributed by atoms with van der Waals surface area (Å²) >= 11 is 10.6. The van der Waals surface area contributed by atoms with Gasteiger partial charge in [0.15, 0.2) is 0 Å². The molecular formula is C18H15BrClN3O3S. The molecule has 0 saturated carbocycles. The third kappa shape index (κ3) is 5.24. The average Bonchev–Trinajstić information content (AvgIpc) is 2.63. The van der Waals surface area contributed by atoms with E-state index in [9.17, 15) is 14.4 Å². The van der Waals surface area contributed by atoms with Crippen LogP contribution in [0.15, 0.2) is 51.8 Å². The third-order valence-electron chi connectivity index (χ3n) is 3.73. The highest BCUT2D eigenvalue weighted by molar-refractivity contribution is 9.10. The maximum Gasteiger partial charge on any atom is 0.243 e. The second-order valence-electron chi connectivity index (χ2n) is 5.75. The molecule has 6 nitrogen and oxygen atoms in total. The molecular weight excluding hydrogens is 454 g/mol. The van der Waals surface area contributed by atoms with Gasteiger partial charge in [-0.1, -0.05) is 23.7 Å². The Kier molecular flexibility index (Phi) is 6.41. The predicted octanol–water partition coefficient (Wildman–Crippen LogP) is 3.66. The zero-order valence-corrected chi connectivity index (χ0v) is 17.1. The summed E-state index contributed by atoms with van der Waals surface area (Å²) in [6, 6.07) is 12.4. The Morgan fingerprint density at radius 2 is 1.96 bits per heavy atom. The topological polar surface area (TPSA) is 87.3 Å². The van der Waals surface area contributed by atoms with Crippen LogP contribution in [-0.4, -0.2) is 29.5 Å². The van der Waals surface area contributed by atoms with Gasteiger partial charge in [-0.2, -0.15) is 0 Å². The van der Waals surface area contributed by atoms with E-state index in [2.05, 4.69) is 31.9 Å². The molecule has 2 aromatic rings. The normalized spacial score (nSPS) is 15.5. The van der Waals surface area contributed by atoms with Crippen LogP contribution in [0.4, 0.5) is 11.4 Å². The Labute approximate surface area is 173 Å². The van der Waals surface area contributed by atoms with Gasteiger partial charge < -0.3 is 16.0 Å². The van der Waals surface area contributed by atoms with Crippen molar-refractivity contribution in [3.63, 3.8) is 0 Å². The van der Waals surface area contributed by atoms with Crippen molar-refractivity contribution in [1.82, 2.24) is 5.32 Å². The summed E-state index contributed by atoms with van der Waals surface area (Å²) in [7, 11) is 0. The summed E-state index contributed by atoms with van der Waals surface area (Å²) in [4.78, 5) is 37.1. The standard InChI is InChI=1S/C18H15BrClN3O3S/c19-11-3-1-2-4-12(11)22-17(25)9-21-16(24)8-15-18(26)23-13-7-10(20)5-6-14(13)27-15/h1-7,15H,8-9H2,(H,21,24)(H,22,25)(H,23,26)/t15-/m0/s1. The van der Waals surface area contributed by atoms with Crippen LogP contribution in [0, 0.1) is 0 Å². The van der Waals surface area contributed by atoms with Crippen molar-refractivity contribution in [3.05, 3.63) is 52.0 Å². The summed E-state index contributed by atoms with van der Waals surface area (Å²) < 4.78 is 0.749. The molecule has 1 aliphatic heterocycles. The number of fused-ring (bicyclic) bond motifs is 1. The number of para-hydroxylation sites is 1. The number of nitrogens with one attached hydrogen (secondary N) is 3. The summed E-state index contributed by atoms with van der Waals surface area (Å²) in [5.74, 6) is -0.985. The van der Waals surface area contributed by atoms with Gasteiger partial charge in [0.1, 0.15) is 0 Å². The third-order valence-corrected chi connectivity index (χ3v) is 5.93. The molecule has 1 atom stereocenters. The largest absolute Gasteiger partial charge is 0.347 e. The molecule has 3 rings (SSSR count). The van der Waals surface area contributed by atoms with Crippen LogP contribution in [-0.2, 0) is 14.4 Å². The highest BCUT2D eigenvalue weighted by Gasteiger charge is 2.29. The Balaban J connectivity index is 1.50. The molecule has 0 unspecified atom stereocenters. The number of anilines is 2. The van der Waals surface area contributed by atoms with Gasteiger partial charge in [0.2, 0.25) is 17.7 Å². The first kappa shape index (κ1) is 19.7. The second-order valence-corrected chi connectivity index (χ2v) is 8.28. The zero-order valence-electron chi connectivity index (χ0n) is 13.9. The Hall–Kier alpha value is -2.03. The highest BCUT2D eigenvalue weighted by Crippen LogP contribution is 2.38. The van der Waals surface area contributed by atoms with Gasteiger partial charge in [-0.15, -0.1) is 11.8 Å². The van der Waals surface area contributed by atoms with Crippen molar-refractivity contribution in [1.29, 1.82) is 0 Å². The maximum atomic E-state index is 12.2. The number of carbonyl (C=O) groups excluding carboxylic acids is 3. The lowest BCUT2D eigenvalue weighted by Gasteiger charge is -2.23. The van der Waals surface area contributed by atoms with Crippen molar-refractivity contribution in [2.45, 2.75) is 16.6 Å². The molecule has 1 heterocycles. The number of thioether (sulfide) groups is 1. The molecule has 1 aliphatic rings. The molecule has 0 saturated heterocycles. The lowest BCUT2D eigenvalue weighted by molar-refractivity contribution is -0.125. The van der Waals surface area contributed by atoms with Crippen LogP contribution in [0.2, 0.25) is 5.02 Å². The van der Waals surface area contributed by atoms with E-state index in [0.29, 0.717) is 16.4 Å². The highest BCUT2D eigenvalue weighted by atomic mass is 79.9. The fraction of sp³-hybridized carbons (Fsp3) is 0.167. The molecule has 27 heavy (non-hydrogen) atoms. The average molecular weight is 469 g/mol. The fourth-order valence-electron chi connectivity index (χ4n) is 2.43. The molecule has 0 fully saturated rings. The van der Waals surface area contributed by atoms with Crippen LogP contribution < -0.4 is 16.0 Å². The van der Waals surface area contributed by atoms with E-state index in [-0.39, 0.29) is 30.7 Å². The quantitative estimate of drug-likeness (QED) is 0.625. The zero-order chi connectivity index (χ0) is 19.4. The van der Waals surface area contributed by atoms with Crippen molar-refractivity contribution in [3.8, 4) is 0 Å². The second kappa shape index (κ2) is 8.77. The van der Waals surface area contributed by atoms with Gasteiger partial charge in [-0.05, 0) is 46.3 Å². The maximum absolute atomic E-state index is 12.2. The smallest absolute Gasteiger partial charge is 0.243 e. The number of benzene rings is 2. The Morgan fingerprint density at radius 1 is 1.19 bits per heavy atom. The van der Waals surface area contributed by atoms with Crippen LogP contribution in [0.3, 0.4) is 0 Å². The van der Waals surface area contributed by atoms with Crippen molar-refractivity contribution in [2.75, 3.05) is 17.2 Å². The Morgan fingerprint density at radius 3 is 2.74 bits per heavy atom. The molecule has 2 aromatic carbocycles. The molecule has 0 radical (unpaired) electrons. The number of hydrogen-bond acceptors (Lipinski definition) is 4. The van der Waals surface area contributed by atoms with E-state index < -0.39 is 5.25 Å². The van der Waals surface area contributed by atoms with E-state index in [1.54, 1.807) is 36.4 Å². The first-order valence-corrected chi connectivity index (χ1v) is 10.1. The molecule has 3 N–H and O–H groups in total. The lowest BCUT2D eigenvalue weighted by Crippen LogP contribution is -2.37. The van der Waals surface area contributed by atoms with Gasteiger partial charge in [-0.25, -0.2) is 0 Å². The monoisotopic (exact) mass is 467 g/mol. The molecule has 3 amide bonds. The number of carbonyl (C=O) groups is 3. The fourth-order valence-corrected chi connectivity index (χ4v) is 4.08. The number of halogens is 2. The molecule has 0 aromatic heterocycles. The first-order valence-electron chi connectivity index (χ1n) is 8.00. The summed E-state index contributed by atoms with van der Waals surface area (Å²) in [6.07, 6.45) is -0.0269. The van der Waals surface area contributed by atoms with Crippen LogP contribution >= 0.6 is 39.3 Å². The number of hydrogen-bond donors (Lipinski definition) is 3. The molecule has 0 spiro atoms. The minimum atomic E-state index is -0.565. The number of rotatable bonds is 5. The van der Waals surface area contributed by atoms with Crippen LogP contribution in [0.1, 0.15) is 6.42 Å². The lowest BCUT2D eigenvalue weighted by atomic mass is 10.2. The van der Waals surface area contributed by atoms with Gasteiger partial charge in [0, 0.05) is 20.8 Å². The van der Waals surface area contributed by atoms with Crippen molar-refractivity contribution < 1.29 is 14.4 Å². The van der Waals surface area contributed by atoms with Gasteiger partial charge in [0.05, 0.1) is 23.2 Å². The predicted molar refractivity (Wildman–Crippen MR) is 110 cm³/mol. The number of amides is 3. The van der Waals surface area contributed by atoms with E-state index in [0.717, 1.165) is 9.37 Å². The summed E-state index contributed by atoms with van der Waals surface area (Å²) in [6.45, 7) is -0.175. The molecule has 0 aliphatic carbocycles. The minimum absolute atomic E-state index is 0.0269. The van der Waals surface area contributed by atoms with Gasteiger partial charge in [0.25, 0.3) is 0 Å². The van der Waals surface area contributed by atoms with Crippen LogP contribution in [0.5, 0.6) is 0 Å². The van der Waals surface area contributed by atoms with Gasteiger partial charge >= 0.3 is 0 Å². The van der Waals surface area contributed by atoms with Gasteiger partial charge in [-0.3, -0.25) is 14.4 Å². The SMILES string of the molecule is O=C(C[C@@H]1Sc2ccc(Cl)cc2NC1=O)NCC(=O)Nc1ccccc1Br. The minimum Gasteiger partial charge on any atom is -0.347 e. The van der Waals surface area contributed by atoms with Crippen molar-refractivity contribution >= 4 is 68.4 Å². The van der Waals surface area contributed by atoms with E-state index in [1.807, 2.05) is 6.07 Å². The Bertz CT molecular complexity index is 909. The van der Waals surface area contributed by atoms with E-state index in [4.69, 9.17) is 11.6 Å². The molecule has 9 heteroatoms.